The zero-order valence-electron chi connectivity index (χ0n) is 16.3. The highest BCUT2D eigenvalue weighted by Crippen LogP contribution is 2.72. The average Bonchev–Trinajstić information content (AvgIpc) is 2.81. The van der Waals surface area contributed by atoms with Gasteiger partial charge in [-0.05, 0) is 74.5 Å². The standard InChI is InChI=1S/C22H32O4/c1-13-11-22-9-6-17-20(3,7-5-8-21(17,4)19(24)25)18(22)10-16(15(13)12-22)26-14(2)23/h15-18H,1,5-12H2,2-4H3,(H,24,25)/t15-,16+,17-,18+,20-,21-,22-/m1/s1. The van der Waals surface area contributed by atoms with E-state index in [9.17, 15) is 14.7 Å². The van der Waals surface area contributed by atoms with Gasteiger partial charge in [-0.1, -0.05) is 25.5 Å². The van der Waals surface area contributed by atoms with E-state index in [0.717, 1.165) is 51.4 Å². The Kier molecular flexibility index (Phi) is 3.88. The monoisotopic (exact) mass is 360 g/mol. The number of carboxylic acids is 1. The molecular formula is C22H32O4. The smallest absolute Gasteiger partial charge is 0.309 e. The predicted molar refractivity (Wildman–Crippen MR) is 98.4 cm³/mol. The molecule has 7 atom stereocenters. The Morgan fingerprint density at radius 2 is 1.92 bits per heavy atom. The molecule has 2 bridgehead atoms. The van der Waals surface area contributed by atoms with Crippen molar-refractivity contribution in [3.05, 3.63) is 12.2 Å². The van der Waals surface area contributed by atoms with Crippen LogP contribution in [0.5, 0.6) is 0 Å². The third kappa shape index (κ3) is 2.26. The maximum atomic E-state index is 12.2. The largest absolute Gasteiger partial charge is 0.481 e. The van der Waals surface area contributed by atoms with Crippen LogP contribution in [0, 0.1) is 34.0 Å². The van der Waals surface area contributed by atoms with Crippen LogP contribution < -0.4 is 0 Å². The summed E-state index contributed by atoms with van der Waals surface area (Å²) in [4.78, 5) is 23.8. The van der Waals surface area contributed by atoms with E-state index < -0.39 is 11.4 Å². The lowest BCUT2D eigenvalue weighted by Gasteiger charge is -2.63. The Morgan fingerprint density at radius 1 is 1.19 bits per heavy atom. The van der Waals surface area contributed by atoms with E-state index in [4.69, 9.17) is 4.74 Å². The van der Waals surface area contributed by atoms with Gasteiger partial charge in [-0.25, -0.2) is 0 Å². The molecule has 0 aliphatic heterocycles. The molecule has 4 nitrogen and oxygen atoms in total. The van der Waals surface area contributed by atoms with Crippen molar-refractivity contribution >= 4 is 11.9 Å². The van der Waals surface area contributed by atoms with Crippen molar-refractivity contribution < 1.29 is 19.4 Å². The Bertz CT molecular complexity index is 669. The molecule has 0 aromatic rings. The number of hydrogen-bond acceptors (Lipinski definition) is 3. The highest BCUT2D eigenvalue weighted by molar-refractivity contribution is 5.75. The van der Waals surface area contributed by atoms with Crippen molar-refractivity contribution in [3.8, 4) is 0 Å². The van der Waals surface area contributed by atoms with Crippen LogP contribution in [-0.4, -0.2) is 23.1 Å². The predicted octanol–water partition coefficient (Wildman–Crippen LogP) is 4.58. The molecule has 26 heavy (non-hydrogen) atoms. The van der Waals surface area contributed by atoms with Gasteiger partial charge in [-0.3, -0.25) is 9.59 Å². The zero-order chi connectivity index (χ0) is 18.9. The van der Waals surface area contributed by atoms with Crippen molar-refractivity contribution in [2.45, 2.75) is 78.2 Å². The van der Waals surface area contributed by atoms with Gasteiger partial charge in [-0.15, -0.1) is 0 Å². The maximum Gasteiger partial charge on any atom is 0.309 e. The number of ether oxygens (including phenoxy) is 1. The highest BCUT2D eigenvalue weighted by Gasteiger charge is 2.66. The summed E-state index contributed by atoms with van der Waals surface area (Å²) in [5.41, 5.74) is 0.883. The molecular weight excluding hydrogens is 328 g/mol. The molecule has 0 heterocycles. The Balaban J connectivity index is 1.74. The van der Waals surface area contributed by atoms with Gasteiger partial charge in [0.25, 0.3) is 0 Å². The Hall–Kier alpha value is -1.32. The first-order chi connectivity index (χ1) is 12.1. The molecule has 4 saturated carbocycles. The maximum absolute atomic E-state index is 12.2. The van der Waals surface area contributed by atoms with Crippen LogP contribution in [0.1, 0.15) is 72.1 Å². The first-order valence-corrected chi connectivity index (χ1v) is 10.2. The van der Waals surface area contributed by atoms with Gasteiger partial charge in [0.15, 0.2) is 0 Å². The van der Waals surface area contributed by atoms with E-state index in [-0.39, 0.29) is 28.8 Å². The van der Waals surface area contributed by atoms with E-state index in [1.165, 1.54) is 12.5 Å². The summed E-state index contributed by atoms with van der Waals surface area (Å²) >= 11 is 0. The summed E-state index contributed by atoms with van der Waals surface area (Å²) in [7, 11) is 0. The van der Waals surface area contributed by atoms with Crippen molar-refractivity contribution in [2.75, 3.05) is 0 Å². The van der Waals surface area contributed by atoms with Crippen molar-refractivity contribution in [1.29, 1.82) is 0 Å². The third-order valence-corrected chi connectivity index (χ3v) is 8.90. The first kappa shape index (κ1) is 18.1. The second-order valence-electron chi connectivity index (χ2n) is 10.1. The van der Waals surface area contributed by atoms with Crippen LogP contribution in [0.3, 0.4) is 0 Å². The summed E-state index contributed by atoms with van der Waals surface area (Å²) in [5, 5.41) is 10.0. The number of aliphatic carboxylic acids is 1. The lowest BCUT2D eigenvalue weighted by atomic mass is 9.41. The van der Waals surface area contributed by atoms with Gasteiger partial charge >= 0.3 is 11.9 Å². The van der Waals surface area contributed by atoms with E-state index in [2.05, 4.69) is 13.5 Å². The fraction of sp³-hybridized carbons (Fsp3) is 0.818. The quantitative estimate of drug-likeness (QED) is 0.578. The van der Waals surface area contributed by atoms with Crippen molar-refractivity contribution in [2.24, 2.45) is 34.0 Å². The van der Waals surface area contributed by atoms with E-state index in [0.29, 0.717) is 11.8 Å². The minimum absolute atomic E-state index is 0.0115. The molecule has 1 spiro atoms. The minimum atomic E-state index is -0.634. The van der Waals surface area contributed by atoms with Gasteiger partial charge in [0.05, 0.1) is 5.41 Å². The van der Waals surface area contributed by atoms with Gasteiger partial charge < -0.3 is 9.84 Å². The van der Waals surface area contributed by atoms with E-state index in [1.807, 2.05) is 6.92 Å². The molecule has 1 N–H and O–H groups in total. The Labute approximate surface area is 156 Å². The van der Waals surface area contributed by atoms with Crippen LogP contribution in [0.2, 0.25) is 0 Å². The topological polar surface area (TPSA) is 63.6 Å². The summed E-state index contributed by atoms with van der Waals surface area (Å²) in [6, 6.07) is 0. The number of carbonyl (C=O) groups is 2. The molecule has 0 unspecified atom stereocenters. The summed E-state index contributed by atoms with van der Waals surface area (Å²) in [6.07, 6.45) is 7.87. The number of carboxylic acid groups (broad SMARTS) is 1. The fourth-order valence-electron chi connectivity index (χ4n) is 7.89. The second kappa shape index (κ2) is 5.59. The van der Waals surface area contributed by atoms with Gasteiger partial charge in [0.2, 0.25) is 0 Å². The number of fused-ring (bicyclic) bond motifs is 3. The molecule has 0 radical (unpaired) electrons. The molecule has 4 heteroatoms. The van der Waals surface area contributed by atoms with Crippen LogP contribution in [0.4, 0.5) is 0 Å². The van der Waals surface area contributed by atoms with Gasteiger partial charge in [-0.2, -0.15) is 0 Å². The number of rotatable bonds is 2. The second-order valence-corrected chi connectivity index (χ2v) is 10.1. The molecule has 4 rings (SSSR count). The van der Waals surface area contributed by atoms with Crippen LogP contribution in [0.15, 0.2) is 12.2 Å². The highest BCUT2D eigenvalue weighted by atomic mass is 16.5. The van der Waals surface area contributed by atoms with E-state index >= 15 is 0 Å². The Morgan fingerprint density at radius 3 is 2.58 bits per heavy atom. The normalized spacial score (nSPS) is 49.9. The van der Waals surface area contributed by atoms with Crippen molar-refractivity contribution in [1.82, 2.24) is 0 Å². The number of hydrogen-bond donors (Lipinski definition) is 1. The molecule has 0 amide bonds. The minimum Gasteiger partial charge on any atom is -0.481 e. The van der Waals surface area contributed by atoms with Crippen molar-refractivity contribution in [3.63, 3.8) is 0 Å². The fourth-order valence-corrected chi connectivity index (χ4v) is 7.89. The van der Waals surface area contributed by atoms with Crippen LogP contribution >= 0.6 is 0 Å². The van der Waals surface area contributed by atoms with Crippen LogP contribution in [0.25, 0.3) is 0 Å². The first-order valence-electron chi connectivity index (χ1n) is 10.2. The lowest BCUT2D eigenvalue weighted by molar-refractivity contribution is -0.191. The summed E-state index contributed by atoms with van der Waals surface area (Å²) in [5.74, 6) is 0.0850. The SMILES string of the molecule is C=C1C[C@@]23CC[C@@H]4[C@@](C)(CCC[C@@]4(C)C(=O)O)[C@@H]2C[C@H](OC(C)=O)[C@@H]1C3. The molecule has 0 aromatic heterocycles. The molecule has 144 valence electrons. The average molecular weight is 360 g/mol. The molecule has 4 aliphatic carbocycles. The summed E-state index contributed by atoms with van der Waals surface area (Å²) < 4.78 is 5.75. The van der Waals surface area contributed by atoms with Gasteiger partial charge in [0, 0.05) is 12.8 Å². The molecule has 4 aliphatic rings. The van der Waals surface area contributed by atoms with Gasteiger partial charge in [0.1, 0.15) is 6.10 Å². The summed E-state index contributed by atoms with van der Waals surface area (Å²) in [6.45, 7) is 10.1. The number of esters is 1. The molecule has 0 saturated heterocycles. The molecule has 0 aromatic carbocycles. The molecule has 4 fully saturated rings. The lowest BCUT2D eigenvalue weighted by Crippen LogP contribution is -2.59. The van der Waals surface area contributed by atoms with Crippen LogP contribution in [-0.2, 0) is 14.3 Å². The third-order valence-electron chi connectivity index (χ3n) is 8.90. The van der Waals surface area contributed by atoms with E-state index in [1.54, 1.807) is 0 Å². The zero-order valence-corrected chi connectivity index (χ0v) is 16.3. The number of carbonyl (C=O) groups excluding carboxylic acids is 1.